The van der Waals surface area contributed by atoms with Crippen molar-refractivity contribution in [2.24, 2.45) is 0 Å². The summed E-state index contributed by atoms with van der Waals surface area (Å²) in [6.45, 7) is 0. The molecular formula is C17H10N4O4. The van der Waals surface area contributed by atoms with Crippen LogP contribution in [-0.4, -0.2) is 25.2 Å². The first-order chi connectivity index (χ1) is 12.1. The third-order valence-corrected chi connectivity index (χ3v) is 3.76. The molecule has 25 heavy (non-hydrogen) atoms. The topological polar surface area (TPSA) is 115 Å². The third kappa shape index (κ3) is 2.45. The molecule has 0 bridgehead atoms. The Balaban J connectivity index is 2.00. The van der Waals surface area contributed by atoms with Crippen LogP contribution in [0.25, 0.3) is 33.6 Å². The van der Waals surface area contributed by atoms with Crippen LogP contribution in [0.3, 0.4) is 0 Å². The number of fused-ring (bicyclic) bond motifs is 1. The number of benzene rings is 1. The van der Waals surface area contributed by atoms with Crippen LogP contribution in [-0.2, 0) is 0 Å². The van der Waals surface area contributed by atoms with Gasteiger partial charge >= 0.3 is 0 Å². The molecule has 0 aliphatic heterocycles. The molecule has 1 aromatic carbocycles. The first-order valence-electron chi connectivity index (χ1n) is 7.28. The second-order valence-corrected chi connectivity index (χ2v) is 5.25. The van der Waals surface area contributed by atoms with Gasteiger partial charge in [-0.1, -0.05) is 17.3 Å². The fourth-order valence-electron chi connectivity index (χ4n) is 2.59. The molecule has 0 unspecified atom stereocenters. The first-order valence-corrected chi connectivity index (χ1v) is 7.28. The Morgan fingerprint density at radius 3 is 2.56 bits per heavy atom. The molecule has 0 saturated carbocycles. The summed E-state index contributed by atoms with van der Waals surface area (Å²) in [6, 6.07) is 11.1. The Hall–Kier alpha value is -3.81. The molecule has 4 rings (SSSR count). The lowest BCUT2D eigenvalue weighted by atomic mass is 10.1. The van der Waals surface area contributed by atoms with Gasteiger partial charge < -0.3 is 9.63 Å². The molecule has 3 aromatic heterocycles. The van der Waals surface area contributed by atoms with Crippen LogP contribution in [0.2, 0.25) is 0 Å². The minimum Gasteiger partial charge on any atom is -0.507 e. The lowest BCUT2D eigenvalue weighted by Crippen LogP contribution is -1.95. The van der Waals surface area contributed by atoms with Gasteiger partial charge in [0.2, 0.25) is 0 Å². The van der Waals surface area contributed by atoms with E-state index < -0.39 is 4.92 Å². The summed E-state index contributed by atoms with van der Waals surface area (Å²) in [4.78, 5) is 19.2. The van der Waals surface area contributed by atoms with E-state index in [1.807, 2.05) is 0 Å². The maximum atomic E-state index is 11.5. The molecule has 0 fully saturated rings. The molecule has 0 aliphatic carbocycles. The molecule has 1 N–H and O–H groups in total. The molecule has 0 aliphatic rings. The maximum Gasteiger partial charge on any atom is 0.296 e. The van der Waals surface area contributed by atoms with Crippen molar-refractivity contribution < 1.29 is 14.6 Å². The number of phenols is 1. The van der Waals surface area contributed by atoms with Crippen LogP contribution in [0.15, 0.2) is 59.4 Å². The second-order valence-electron chi connectivity index (χ2n) is 5.25. The standard InChI is InChI=1S/C17H10N4O4/c22-14-4-2-1-3-11(14)16-13(21(23)24)9-12-15(20-25-17(12)19-16)10-5-7-18-8-6-10/h1-9,22H. The zero-order chi connectivity index (χ0) is 17.4. The van der Waals surface area contributed by atoms with Crippen molar-refractivity contribution in [3.8, 4) is 28.3 Å². The quantitative estimate of drug-likeness (QED) is 0.450. The molecule has 8 heteroatoms. The molecular weight excluding hydrogens is 324 g/mol. The largest absolute Gasteiger partial charge is 0.507 e. The van der Waals surface area contributed by atoms with E-state index in [1.165, 1.54) is 12.1 Å². The highest BCUT2D eigenvalue weighted by Crippen LogP contribution is 2.38. The molecule has 4 aromatic rings. The summed E-state index contributed by atoms with van der Waals surface area (Å²) in [7, 11) is 0. The lowest BCUT2D eigenvalue weighted by Gasteiger charge is -2.04. The second kappa shape index (κ2) is 5.68. The van der Waals surface area contributed by atoms with E-state index in [-0.39, 0.29) is 28.4 Å². The zero-order valence-electron chi connectivity index (χ0n) is 12.7. The van der Waals surface area contributed by atoms with Crippen LogP contribution >= 0.6 is 0 Å². The Labute approximate surface area is 140 Å². The van der Waals surface area contributed by atoms with Crippen molar-refractivity contribution >= 4 is 16.8 Å². The maximum absolute atomic E-state index is 11.5. The van der Waals surface area contributed by atoms with Crippen molar-refractivity contribution in [3.63, 3.8) is 0 Å². The van der Waals surface area contributed by atoms with Gasteiger partial charge in [-0.15, -0.1) is 0 Å². The zero-order valence-corrected chi connectivity index (χ0v) is 12.7. The number of rotatable bonds is 3. The van der Waals surface area contributed by atoms with Gasteiger partial charge in [0, 0.05) is 29.6 Å². The van der Waals surface area contributed by atoms with Crippen molar-refractivity contribution in [2.75, 3.05) is 0 Å². The highest BCUT2D eigenvalue weighted by Gasteiger charge is 2.24. The van der Waals surface area contributed by atoms with Gasteiger partial charge in [-0.3, -0.25) is 15.1 Å². The van der Waals surface area contributed by atoms with Gasteiger partial charge in [0.05, 0.1) is 10.3 Å². The molecule has 0 atom stereocenters. The van der Waals surface area contributed by atoms with E-state index in [2.05, 4.69) is 15.1 Å². The van der Waals surface area contributed by atoms with Crippen LogP contribution in [0.5, 0.6) is 5.75 Å². The minimum absolute atomic E-state index is 0.0213. The highest BCUT2D eigenvalue weighted by molar-refractivity contribution is 5.94. The van der Waals surface area contributed by atoms with E-state index in [0.717, 1.165) is 0 Å². The number of phenolic OH excluding ortho intramolecular Hbond substituents is 1. The average molecular weight is 334 g/mol. The van der Waals surface area contributed by atoms with Crippen molar-refractivity contribution in [2.45, 2.75) is 0 Å². The number of hydrogen-bond donors (Lipinski definition) is 1. The Morgan fingerprint density at radius 1 is 1.08 bits per heavy atom. The van der Waals surface area contributed by atoms with Crippen LogP contribution in [0.1, 0.15) is 0 Å². The van der Waals surface area contributed by atoms with Crippen molar-refractivity contribution in [1.82, 2.24) is 15.1 Å². The van der Waals surface area contributed by atoms with Gasteiger partial charge in [-0.2, -0.15) is 0 Å². The first kappa shape index (κ1) is 14.8. The summed E-state index contributed by atoms with van der Waals surface area (Å²) < 4.78 is 5.25. The SMILES string of the molecule is O=[N+]([O-])c1cc2c(-c3ccncc3)noc2nc1-c1ccccc1O. The summed E-state index contributed by atoms with van der Waals surface area (Å²) >= 11 is 0. The van der Waals surface area contributed by atoms with E-state index in [9.17, 15) is 15.2 Å². The Morgan fingerprint density at radius 2 is 1.84 bits per heavy atom. The molecule has 8 nitrogen and oxygen atoms in total. The number of aromatic nitrogens is 3. The number of nitrogens with zero attached hydrogens (tertiary/aromatic N) is 4. The average Bonchev–Trinajstić information content (AvgIpc) is 3.04. The fourth-order valence-corrected chi connectivity index (χ4v) is 2.59. The monoisotopic (exact) mass is 334 g/mol. The number of para-hydroxylation sites is 1. The summed E-state index contributed by atoms with van der Waals surface area (Å²) in [5.41, 5.74) is 1.33. The van der Waals surface area contributed by atoms with Gasteiger partial charge in [0.1, 0.15) is 11.4 Å². The van der Waals surface area contributed by atoms with Crippen molar-refractivity contribution in [3.05, 3.63) is 65.0 Å². The predicted octanol–water partition coefficient (Wildman–Crippen LogP) is 3.57. The summed E-state index contributed by atoms with van der Waals surface area (Å²) in [6.07, 6.45) is 3.18. The van der Waals surface area contributed by atoms with E-state index >= 15 is 0 Å². The summed E-state index contributed by atoms with van der Waals surface area (Å²) in [5.74, 6) is -0.105. The minimum atomic E-state index is -0.544. The van der Waals surface area contributed by atoms with Gasteiger partial charge in [0.25, 0.3) is 11.4 Å². The molecule has 0 saturated heterocycles. The summed E-state index contributed by atoms with van der Waals surface area (Å²) in [5, 5.41) is 25.9. The third-order valence-electron chi connectivity index (χ3n) is 3.76. The lowest BCUT2D eigenvalue weighted by molar-refractivity contribution is -0.384. The van der Waals surface area contributed by atoms with Gasteiger partial charge in [0.15, 0.2) is 5.69 Å². The van der Waals surface area contributed by atoms with Crippen LogP contribution in [0, 0.1) is 10.1 Å². The van der Waals surface area contributed by atoms with Gasteiger partial charge in [-0.05, 0) is 24.3 Å². The molecule has 0 spiro atoms. The molecule has 0 amide bonds. The normalized spacial score (nSPS) is 10.9. The smallest absolute Gasteiger partial charge is 0.296 e. The fraction of sp³-hybridized carbons (Fsp3) is 0. The number of hydrogen-bond acceptors (Lipinski definition) is 7. The van der Waals surface area contributed by atoms with E-state index in [4.69, 9.17) is 4.52 Å². The van der Waals surface area contributed by atoms with Crippen molar-refractivity contribution in [1.29, 1.82) is 0 Å². The Bertz CT molecular complexity index is 1090. The Kier molecular flexibility index (Phi) is 3.35. The highest BCUT2D eigenvalue weighted by atomic mass is 16.6. The molecule has 0 radical (unpaired) electrons. The van der Waals surface area contributed by atoms with E-state index in [1.54, 1.807) is 42.7 Å². The van der Waals surface area contributed by atoms with Gasteiger partial charge in [-0.25, -0.2) is 4.98 Å². The predicted molar refractivity (Wildman–Crippen MR) is 88.8 cm³/mol. The number of pyridine rings is 2. The van der Waals surface area contributed by atoms with Crippen LogP contribution < -0.4 is 0 Å². The molecule has 122 valence electrons. The molecule has 3 heterocycles. The number of nitro groups is 1. The van der Waals surface area contributed by atoms with Crippen LogP contribution in [0.4, 0.5) is 5.69 Å². The van der Waals surface area contributed by atoms with E-state index in [0.29, 0.717) is 16.6 Å². The number of aromatic hydroxyl groups is 1.